The minimum absolute atomic E-state index is 0.277. The molecule has 1 aromatic carbocycles. The van der Waals surface area contributed by atoms with E-state index >= 15 is 0 Å². The van der Waals surface area contributed by atoms with Gasteiger partial charge >= 0.3 is 0 Å². The van der Waals surface area contributed by atoms with E-state index in [1.807, 2.05) is 61.6 Å². The van der Waals surface area contributed by atoms with Crippen LogP contribution in [0, 0.1) is 0 Å². The van der Waals surface area contributed by atoms with Gasteiger partial charge < -0.3 is 0 Å². The van der Waals surface area contributed by atoms with Gasteiger partial charge in [-0.05, 0) is 30.7 Å². The van der Waals surface area contributed by atoms with E-state index in [9.17, 15) is 4.79 Å². The molecule has 1 N–H and O–H groups in total. The lowest BCUT2D eigenvalue weighted by molar-refractivity contribution is 0.0954. The highest BCUT2D eigenvalue weighted by Gasteiger charge is 2.02. The van der Waals surface area contributed by atoms with E-state index in [4.69, 9.17) is 0 Å². The Morgan fingerprint density at radius 2 is 1.95 bits per heavy atom. The number of nitrogens with zero attached hydrogens (tertiary/aromatic N) is 2. The van der Waals surface area contributed by atoms with E-state index in [2.05, 4.69) is 15.5 Å². The van der Waals surface area contributed by atoms with Gasteiger partial charge in [0.2, 0.25) is 0 Å². The molecule has 0 aliphatic rings. The van der Waals surface area contributed by atoms with E-state index in [0.29, 0.717) is 11.3 Å². The Kier molecular flexibility index (Phi) is 5.81. The summed E-state index contributed by atoms with van der Waals surface area (Å²) in [6.45, 7) is 1.82. The minimum atomic E-state index is -0.277. The van der Waals surface area contributed by atoms with E-state index in [1.54, 1.807) is 18.3 Å². The van der Waals surface area contributed by atoms with Crippen LogP contribution in [0.1, 0.15) is 22.8 Å². The number of hydrogen-bond acceptors (Lipinski definition) is 3. The number of nitrogens with one attached hydrogen (secondary N) is 1. The highest BCUT2D eigenvalue weighted by Crippen LogP contribution is 2.00. The van der Waals surface area contributed by atoms with Crippen LogP contribution in [0.2, 0.25) is 0 Å². The van der Waals surface area contributed by atoms with Crippen LogP contribution in [0.5, 0.6) is 0 Å². The number of hydrazone groups is 1. The van der Waals surface area contributed by atoms with E-state index < -0.39 is 0 Å². The van der Waals surface area contributed by atoms with Crippen molar-refractivity contribution in [2.24, 2.45) is 5.10 Å². The van der Waals surface area contributed by atoms with Crippen molar-refractivity contribution in [1.29, 1.82) is 0 Å². The molecular formula is C18H17N3O. The summed E-state index contributed by atoms with van der Waals surface area (Å²) in [4.78, 5) is 15.7. The molecule has 22 heavy (non-hydrogen) atoms. The third kappa shape index (κ3) is 5.17. The van der Waals surface area contributed by atoms with Crippen molar-refractivity contribution in [2.45, 2.75) is 6.92 Å². The topological polar surface area (TPSA) is 54.4 Å². The van der Waals surface area contributed by atoms with Crippen LogP contribution in [0.3, 0.4) is 0 Å². The Balaban J connectivity index is 1.86. The summed E-state index contributed by atoms with van der Waals surface area (Å²) in [5.41, 5.74) is 4.80. The number of rotatable bonds is 5. The molecule has 0 bridgehead atoms. The standard InChI is InChI=1S/C18H17N3O/c1-15(8-5-6-11-16-9-3-2-4-10-16)20-21-18(22)17-12-7-13-19-14-17/h2-14H,1H3,(H,21,22)/b8-5+,11-6-,20-15?. The second kappa shape index (κ2) is 8.32. The van der Waals surface area contributed by atoms with Crippen LogP contribution >= 0.6 is 0 Å². The second-order valence-corrected chi connectivity index (χ2v) is 4.56. The number of allylic oxidation sites excluding steroid dienone is 3. The van der Waals surface area contributed by atoms with Gasteiger partial charge in [-0.2, -0.15) is 5.10 Å². The van der Waals surface area contributed by atoms with E-state index in [0.717, 1.165) is 5.56 Å². The summed E-state index contributed by atoms with van der Waals surface area (Å²) >= 11 is 0. The van der Waals surface area contributed by atoms with Crippen molar-refractivity contribution in [3.05, 3.63) is 84.2 Å². The quantitative estimate of drug-likeness (QED) is 0.521. The predicted molar refractivity (Wildman–Crippen MR) is 89.4 cm³/mol. The van der Waals surface area contributed by atoms with Gasteiger partial charge in [-0.15, -0.1) is 0 Å². The summed E-state index contributed by atoms with van der Waals surface area (Å²) in [7, 11) is 0. The highest BCUT2D eigenvalue weighted by atomic mass is 16.2. The van der Waals surface area contributed by atoms with Crippen LogP contribution in [0.4, 0.5) is 0 Å². The summed E-state index contributed by atoms with van der Waals surface area (Å²) in [5.74, 6) is -0.277. The monoisotopic (exact) mass is 291 g/mol. The zero-order chi connectivity index (χ0) is 15.6. The lowest BCUT2D eigenvalue weighted by Crippen LogP contribution is -2.18. The van der Waals surface area contributed by atoms with E-state index in [-0.39, 0.29) is 5.91 Å². The van der Waals surface area contributed by atoms with Crippen molar-refractivity contribution in [2.75, 3.05) is 0 Å². The van der Waals surface area contributed by atoms with Gasteiger partial charge in [-0.3, -0.25) is 9.78 Å². The fourth-order valence-corrected chi connectivity index (χ4v) is 1.66. The molecule has 0 aliphatic heterocycles. The molecule has 1 amide bonds. The molecule has 0 atom stereocenters. The predicted octanol–water partition coefficient (Wildman–Crippen LogP) is 3.46. The fourth-order valence-electron chi connectivity index (χ4n) is 1.66. The van der Waals surface area contributed by atoms with Crippen LogP contribution in [-0.4, -0.2) is 16.6 Å². The van der Waals surface area contributed by atoms with Crippen LogP contribution < -0.4 is 5.43 Å². The first kappa shape index (κ1) is 15.4. The lowest BCUT2D eigenvalue weighted by Gasteiger charge is -1.99. The lowest BCUT2D eigenvalue weighted by atomic mass is 10.2. The summed E-state index contributed by atoms with van der Waals surface area (Å²) < 4.78 is 0. The van der Waals surface area contributed by atoms with Crippen LogP contribution in [-0.2, 0) is 0 Å². The Hall–Kier alpha value is -3.01. The number of hydrogen-bond donors (Lipinski definition) is 1. The maximum atomic E-state index is 11.8. The minimum Gasteiger partial charge on any atom is -0.267 e. The number of pyridine rings is 1. The van der Waals surface area contributed by atoms with Gasteiger partial charge in [0.05, 0.1) is 11.3 Å². The Bertz CT molecular complexity index is 689. The van der Waals surface area contributed by atoms with Gasteiger partial charge in [0, 0.05) is 12.4 Å². The van der Waals surface area contributed by atoms with Gasteiger partial charge in [0.15, 0.2) is 0 Å². The molecule has 0 saturated carbocycles. The molecule has 2 rings (SSSR count). The molecule has 1 aromatic heterocycles. The van der Waals surface area contributed by atoms with Crippen LogP contribution in [0.15, 0.2) is 78.2 Å². The molecule has 0 unspecified atom stereocenters. The molecule has 4 heteroatoms. The molecule has 0 aliphatic carbocycles. The Morgan fingerprint density at radius 1 is 1.14 bits per heavy atom. The average Bonchev–Trinajstić information content (AvgIpc) is 2.58. The van der Waals surface area contributed by atoms with Crippen LogP contribution in [0.25, 0.3) is 6.08 Å². The highest BCUT2D eigenvalue weighted by molar-refractivity contribution is 5.97. The maximum Gasteiger partial charge on any atom is 0.272 e. The number of carbonyl (C=O) groups is 1. The normalized spacial score (nSPS) is 12.0. The van der Waals surface area contributed by atoms with Gasteiger partial charge in [-0.1, -0.05) is 48.6 Å². The van der Waals surface area contributed by atoms with Gasteiger partial charge in [0.25, 0.3) is 5.91 Å². The molecule has 0 fully saturated rings. The van der Waals surface area contributed by atoms with Crippen molar-refractivity contribution in [1.82, 2.24) is 10.4 Å². The van der Waals surface area contributed by atoms with Gasteiger partial charge in [0.1, 0.15) is 0 Å². The second-order valence-electron chi connectivity index (χ2n) is 4.56. The Morgan fingerprint density at radius 3 is 2.68 bits per heavy atom. The summed E-state index contributed by atoms with van der Waals surface area (Å²) in [6, 6.07) is 13.4. The molecule has 0 radical (unpaired) electrons. The smallest absolute Gasteiger partial charge is 0.267 e. The van der Waals surface area contributed by atoms with Crippen molar-refractivity contribution in [3.63, 3.8) is 0 Å². The van der Waals surface area contributed by atoms with E-state index in [1.165, 1.54) is 6.20 Å². The molecule has 2 aromatic rings. The SMILES string of the molecule is CC(/C=C/C=C\c1ccccc1)=NNC(=O)c1cccnc1. The molecule has 0 spiro atoms. The molecular weight excluding hydrogens is 274 g/mol. The molecule has 110 valence electrons. The van der Waals surface area contributed by atoms with Crippen molar-refractivity contribution < 1.29 is 4.79 Å². The zero-order valence-electron chi connectivity index (χ0n) is 12.3. The molecule has 4 nitrogen and oxygen atoms in total. The number of aromatic nitrogens is 1. The fraction of sp³-hybridized carbons (Fsp3) is 0.0556. The maximum absolute atomic E-state index is 11.8. The summed E-state index contributed by atoms with van der Waals surface area (Å²) in [5, 5.41) is 4.01. The molecule has 1 heterocycles. The number of carbonyl (C=O) groups excluding carboxylic acids is 1. The largest absolute Gasteiger partial charge is 0.272 e. The van der Waals surface area contributed by atoms with Crippen molar-refractivity contribution in [3.8, 4) is 0 Å². The molecule has 0 saturated heterocycles. The van der Waals surface area contributed by atoms with Gasteiger partial charge in [-0.25, -0.2) is 5.43 Å². The first-order valence-electron chi connectivity index (χ1n) is 6.90. The first-order chi connectivity index (χ1) is 10.8. The third-order valence-electron chi connectivity index (χ3n) is 2.79. The summed E-state index contributed by atoms with van der Waals surface area (Å²) in [6.07, 6.45) is 10.7. The number of benzene rings is 1. The Labute approximate surface area is 129 Å². The van der Waals surface area contributed by atoms with Crippen molar-refractivity contribution >= 4 is 17.7 Å². The number of amides is 1. The zero-order valence-corrected chi connectivity index (χ0v) is 12.3. The average molecular weight is 291 g/mol. The first-order valence-corrected chi connectivity index (χ1v) is 6.90. The third-order valence-corrected chi connectivity index (χ3v) is 2.79.